The van der Waals surface area contributed by atoms with Crippen molar-refractivity contribution < 1.29 is 23.9 Å². The largest absolute Gasteiger partial charge is 0.467 e. The highest BCUT2D eigenvalue weighted by Crippen LogP contribution is 2.37. The first-order valence-electron chi connectivity index (χ1n) is 13.3. The number of fused-ring (bicyclic) bond motifs is 1. The number of nitrogens with zero attached hydrogens (tertiary/aromatic N) is 3. The minimum absolute atomic E-state index is 0.0436. The molecule has 1 aromatic heterocycles. The monoisotopic (exact) mass is 513 g/mol. The maximum absolute atomic E-state index is 13.8. The van der Waals surface area contributed by atoms with Gasteiger partial charge in [-0.25, -0.2) is 9.97 Å². The number of methoxy groups -OCH3 is 1. The lowest BCUT2D eigenvalue weighted by Gasteiger charge is -2.41. The molecule has 0 radical (unpaired) electrons. The van der Waals surface area contributed by atoms with E-state index in [2.05, 4.69) is 46.6 Å². The molecule has 3 aliphatic heterocycles. The Morgan fingerprint density at radius 1 is 1.19 bits per heavy atom. The number of hydrogen-bond donors (Lipinski definition) is 2. The summed E-state index contributed by atoms with van der Waals surface area (Å²) < 4.78 is 10.7. The van der Waals surface area contributed by atoms with Crippen molar-refractivity contribution in [3.8, 4) is 6.01 Å². The van der Waals surface area contributed by atoms with Gasteiger partial charge in [-0.2, -0.15) is 0 Å². The van der Waals surface area contributed by atoms with Crippen molar-refractivity contribution >= 4 is 17.7 Å². The van der Waals surface area contributed by atoms with Gasteiger partial charge in [0.2, 0.25) is 11.8 Å². The van der Waals surface area contributed by atoms with Crippen LogP contribution in [0, 0.1) is 17.3 Å². The predicted molar refractivity (Wildman–Crippen MR) is 137 cm³/mol. The van der Waals surface area contributed by atoms with Gasteiger partial charge in [0, 0.05) is 44.0 Å². The molecule has 0 aromatic carbocycles. The summed E-state index contributed by atoms with van der Waals surface area (Å²) >= 11 is 0. The predicted octanol–water partition coefficient (Wildman–Crippen LogP) is 2.11. The average Bonchev–Trinajstić information content (AvgIpc) is 2.90. The zero-order chi connectivity index (χ0) is 26.4. The summed E-state index contributed by atoms with van der Waals surface area (Å²) in [7, 11) is 1.47. The molecule has 0 aliphatic carbocycles. The van der Waals surface area contributed by atoms with Gasteiger partial charge in [-0.05, 0) is 44.4 Å². The van der Waals surface area contributed by atoms with E-state index < -0.39 is 11.5 Å². The van der Waals surface area contributed by atoms with Crippen LogP contribution >= 0.6 is 0 Å². The van der Waals surface area contributed by atoms with Gasteiger partial charge in [-0.3, -0.25) is 14.4 Å². The molecule has 2 N–H and O–H groups in total. The number of allylic oxidation sites excluding steroid dienone is 2. The molecule has 1 aromatic rings. The Morgan fingerprint density at radius 3 is 2.59 bits per heavy atom. The van der Waals surface area contributed by atoms with E-state index >= 15 is 0 Å². The molecule has 3 amide bonds. The van der Waals surface area contributed by atoms with Crippen LogP contribution in [0.2, 0.25) is 0 Å². The van der Waals surface area contributed by atoms with Crippen LogP contribution in [0.1, 0.15) is 62.7 Å². The van der Waals surface area contributed by atoms with Crippen molar-refractivity contribution in [2.45, 2.75) is 64.5 Å². The maximum Gasteiger partial charge on any atom is 0.316 e. The summed E-state index contributed by atoms with van der Waals surface area (Å²) in [6.45, 7) is 6.23. The van der Waals surface area contributed by atoms with Crippen molar-refractivity contribution in [1.29, 1.82) is 0 Å². The van der Waals surface area contributed by atoms with Crippen LogP contribution < -0.4 is 15.4 Å². The van der Waals surface area contributed by atoms with E-state index in [1.165, 1.54) is 19.5 Å². The van der Waals surface area contributed by atoms with Gasteiger partial charge in [0.25, 0.3) is 5.91 Å². The molecular formula is C27H39N5O5. The van der Waals surface area contributed by atoms with E-state index in [-0.39, 0.29) is 41.6 Å². The number of ether oxygens (including phenoxy) is 2. The van der Waals surface area contributed by atoms with Crippen LogP contribution in [0.15, 0.2) is 24.5 Å². The fourth-order valence-electron chi connectivity index (χ4n) is 5.47. The number of amides is 3. The lowest BCUT2D eigenvalue weighted by atomic mass is 9.74. The van der Waals surface area contributed by atoms with Crippen LogP contribution in [0.5, 0.6) is 6.01 Å². The van der Waals surface area contributed by atoms with Crippen molar-refractivity contribution in [1.82, 2.24) is 25.5 Å². The third-order valence-corrected chi connectivity index (χ3v) is 7.79. The standard InChI is InChI=1S/C27H39N5O5/c1-18(2)14-22-23(33)30-21-7-13-37-17-19(21)6-4-5-8-27(25(35)31-22)9-11-32(12-10-27)24(34)20-15-28-26(36-3)29-16-20/h4-5,15-16,18-19,21-22H,6-14,17H2,1-3H3,(H,30,33)(H,31,35)/b5-4+/t19-,21+,22-/m0/s1. The summed E-state index contributed by atoms with van der Waals surface area (Å²) in [5.41, 5.74) is -0.293. The van der Waals surface area contributed by atoms with Crippen molar-refractivity contribution in [2.75, 3.05) is 33.4 Å². The Balaban J connectivity index is 1.51. The van der Waals surface area contributed by atoms with Crippen LogP contribution in [0.25, 0.3) is 0 Å². The summed E-state index contributed by atoms with van der Waals surface area (Å²) in [6.07, 6.45) is 10.9. The first-order valence-corrected chi connectivity index (χ1v) is 13.3. The number of carbonyl (C=O) groups is 3. The van der Waals surface area contributed by atoms with Crippen LogP contribution in [-0.2, 0) is 14.3 Å². The molecule has 3 atom stereocenters. The van der Waals surface area contributed by atoms with Crippen molar-refractivity contribution in [3.63, 3.8) is 0 Å². The molecule has 1 spiro atoms. The minimum Gasteiger partial charge on any atom is -0.467 e. The minimum atomic E-state index is -0.680. The summed E-state index contributed by atoms with van der Waals surface area (Å²) in [5, 5.41) is 6.32. The van der Waals surface area contributed by atoms with Gasteiger partial charge in [0.1, 0.15) is 6.04 Å². The zero-order valence-corrected chi connectivity index (χ0v) is 22.1. The molecule has 2 saturated heterocycles. The first kappa shape index (κ1) is 27.0. The second kappa shape index (κ2) is 12.0. The third-order valence-electron chi connectivity index (χ3n) is 7.79. The van der Waals surface area contributed by atoms with Gasteiger partial charge in [-0.15, -0.1) is 0 Å². The molecule has 3 aliphatic rings. The van der Waals surface area contributed by atoms with E-state index in [0.717, 1.165) is 12.8 Å². The number of carbonyl (C=O) groups excluding carboxylic acids is 3. The van der Waals surface area contributed by atoms with Gasteiger partial charge in [0.15, 0.2) is 0 Å². The highest BCUT2D eigenvalue weighted by molar-refractivity contribution is 5.94. The van der Waals surface area contributed by atoms with Gasteiger partial charge in [0.05, 0.1) is 24.7 Å². The highest BCUT2D eigenvalue weighted by Gasteiger charge is 2.43. The number of aromatic nitrogens is 2. The number of nitrogens with one attached hydrogen (secondary N) is 2. The van der Waals surface area contributed by atoms with E-state index in [0.29, 0.717) is 57.6 Å². The molecule has 202 valence electrons. The molecule has 37 heavy (non-hydrogen) atoms. The van der Waals surface area contributed by atoms with Crippen molar-refractivity contribution in [3.05, 3.63) is 30.1 Å². The van der Waals surface area contributed by atoms with Gasteiger partial charge < -0.3 is 25.0 Å². The van der Waals surface area contributed by atoms with Crippen LogP contribution in [0.3, 0.4) is 0 Å². The van der Waals surface area contributed by atoms with Crippen LogP contribution in [-0.4, -0.2) is 78.1 Å². The molecule has 0 saturated carbocycles. The van der Waals surface area contributed by atoms with E-state index in [1.807, 2.05) is 0 Å². The fraction of sp³-hybridized carbons (Fsp3) is 0.667. The van der Waals surface area contributed by atoms with E-state index in [4.69, 9.17) is 9.47 Å². The number of hydrogen-bond acceptors (Lipinski definition) is 7. The van der Waals surface area contributed by atoms with E-state index in [9.17, 15) is 14.4 Å². The average molecular weight is 514 g/mol. The lowest BCUT2D eigenvalue weighted by molar-refractivity contribution is -0.138. The van der Waals surface area contributed by atoms with Crippen LogP contribution in [0.4, 0.5) is 0 Å². The Hall–Kier alpha value is -3.01. The molecule has 0 unspecified atom stereocenters. The second-order valence-electron chi connectivity index (χ2n) is 10.8. The third kappa shape index (κ3) is 6.47. The SMILES string of the molecule is COc1ncc(C(=O)N2CCC3(C/C=C/C[C@H]4COCC[C@H]4NC(=O)[C@H](CC(C)C)NC3=O)CC2)cn1. The zero-order valence-electron chi connectivity index (χ0n) is 22.1. The molecule has 10 heteroatoms. The van der Waals surface area contributed by atoms with Gasteiger partial charge in [-0.1, -0.05) is 26.0 Å². The highest BCUT2D eigenvalue weighted by atomic mass is 16.5. The summed E-state index contributed by atoms with van der Waals surface area (Å²) in [4.78, 5) is 49.9. The quantitative estimate of drug-likeness (QED) is 0.591. The molecule has 4 rings (SSSR count). The molecular weight excluding hydrogens is 474 g/mol. The Bertz CT molecular complexity index is 987. The molecule has 4 heterocycles. The Labute approximate surface area is 218 Å². The maximum atomic E-state index is 13.8. The number of piperidine rings is 1. The normalized spacial score (nSPS) is 27.4. The first-order chi connectivity index (χ1) is 17.8. The molecule has 0 bridgehead atoms. The summed E-state index contributed by atoms with van der Waals surface area (Å²) in [5.74, 6) is 0.0668. The smallest absolute Gasteiger partial charge is 0.316 e. The second-order valence-corrected chi connectivity index (χ2v) is 10.8. The molecule has 10 nitrogen and oxygen atoms in total. The Kier molecular flexibility index (Phi) is 8.79. The lowest BCUT2D eigenvalue weighted by Crippen LogP contribution is -2.57. The van der Waals surface area contributed by atoms with Gasteiger partial charge >= 0.3 is 6.01 Å². The van der Waals surface area contributed by atoms with Crippen molar-refractivity contribution in [2.24, 2.45) is 17.3 Å². The Morgan fingerprint density at radius 2 is 1.92 bits per heavy atom. The summed E-state index contributed by atoms with van der Waals surface area (Å²) in [6, 6.07) is -0.341. The molecule has 2 fully saturated rings. The topological polar surface area (TPSA) is 123 Å². The van der Waals surface area contributed by atoms with E-state index in [1.54, 1.807) is 4.90 Å². The number of rotatable bonds is 4. The number of likely N-dealkylation sites (tertiary alicyclic amines) is 1. The fourth-order valence-corrected chi connectivity index (χ4v) is 5.47.